The summed E-state index contributed by atoms with van der Waals surface area (Å²) in [5, 5.41) is 31.6. The molecule has 6 atom stereocenters. The molecule has 0 amide bonds. The number of aliphatic hydroxyl groups is 2. The fourth-order valence-electron chi connectivity index (χ4n) is 9.70. The first-order chi connectivity index (χ1) is 39.6. The van der Waals surface area contributed by atoms with E-state index in [2.05, 4.69) is 93.7 Å². The van der Waals surface area contributed by atoms with Crippen molar-refractivity contribution in [2.45, 2.75) is 327 Å². The van der Waals surface area contributed by atoms with Gasteiger partial charge < -0.3 is 39.0 Å². The van der Waals surface area contributed by atoms with Gasteiger partial charge in [0.15, 0.2) is 24.6 Å². The number of hydrogen-bond donors (Lipinski definition) is 3. The molecule has 3 N–H and O–H groups in total. The molecule has 81 heavy (non-hydrogen) atoms. The minimum atomic E-state index is -1.92. The third kappa shape index (κ3) is 46.3. The zero-order chi connectivity index (χ0) is 58.9. The zero-order valence-corrected chi connectivity index (χ0v) is 51.5. The van der Waals surface area contributed by atoms with E-state index in [1.165, 1.54) is 122 Å². The van der Waals surface area contributed by atoms with Crippen LogP contribution in [0.3, 0.4) is 0 Å². The number of carboxylic acids is 1. The average Bonchev–Trinajstić information content (AvgIpc) is 3.53. The maximum absolute atomic E-state index is 13.2. The molecule has 0 spiro atoms. The highest BCUT2D eigenvalue weighted by atomic mass is 16.7. The largest absolute Gasteiger partial charge is 0.479 e. The third-order valence-electron chi connectivity index (χ3n) is 14.7. The molecule has 0 aromatic heterocycles. The summed E-state index contributed by atoms with van der Waals surface area (Å²) >= 11 is 0. The molecule has 12 nitrogen and oxygen atoms in total. The lowest BCUT2D eigenvalue weighted by molar-refractivity contribution is -0.301. The topological polar surface area (TPSA) is 175 Å². The maximum Gasteiger partial charge on any atom is 0.335 e. The Kier molecular flexibility index (Phi) is 52.6. The molecule has 1 heterocycles. The smallest absolute Gasteiger partial charge is 0.335 e. The van der Waals surface area contributed by atoms with Gasteiger partial charge in [-0.3, -0.25) is 14.4 Å². The van der Waals surface area contributed by atoms with E-state index in [9.17, 15) is 34.5 Å². The second-order valence-electron chi connectivity index (χ2n) is 22.4. The van der Waals surface area contributed by atoms with Crippen LogP contribution in [-0.2, 0) is 42.9 Å². The van der Waals surface area contributed by atoms with Crippen LogP contribution in [0.5, 0.6) is 0 Å². The van der Waals surface area contributed by atoms with Gasteiger partial charge in [-0.05, 0) is 109 Å². The molecule has 12 heteroatoms. The summed E-state index contributed by atoms with van der Waals surface area (Å²) in [5.41, 5.74) is 0. The highest BCUT2D eigenvalue weighted by Gasteiger charge is 2.50. The predicted octanol–water partition coefficient (Wildman–Crippen LogP) is 17.7. The van der Waals surface area contributed by atoms with Crippen molar-refractivity contribution in [2.24, 2.45) is 0 Å². The average molecular weight is 1140 g/mol. The van der Waals surface area contributed by atoms with Crippen molar-refractivity contribution in [3.05, 3.63) is 72.9 Å². The molecule has 6 unspecified atom stereocenters. The first-order valence-corrected chi connectivity index (χ1v) is 32.9. The van der Waals surface area contributed by atoms with Crippen molar-refractivity contribution in [1.82, 2.24) is 0 Å². The van der Waals surface area contributed by atoms with Gasteiger partial charge in [-0.1, -0.05) is 235 Å². The Morgan fingerprint density at radius 3 is 1.20 bits per heavy atom. The van der Waals surface area contributed by atoms with Gasteiger partial charge in [0.05, 0.1) is 6.61 Å². The Bertz CT molecular complexity index is 1680. The van der Waals surface area contributed by atoms with E-state index >= 15 is 0 Å². The van der Waals surface area contributed by atoms with E-state index in [4.69, 9.17) is 23.7 Å². The lowest BCUT2D eigenvalue weighted by atomic mass is 9.98. The Morgan fingerprint density at radius 1 is 0.420 bits per heavy atom. The van der Waals surface area contributed by atoms with Crippen molar-refractivity contribution in [3.8, 4) is 0 Å². The molecule has 1 aliphatic heterocycles. The summed E-state index contributed by atoms with van der Waals surface area (Å²) in [7, 11) is 0. The highest BCUT2D eigenvalue weighted by molar-refractivity contribution is 5.74. The molecule has 466 valence electrons. The van der Waals surface area contributed by atoms with Crippen LogP contribution in [0.15, 0.2) is 72.9 Å². The number of rotatable bonds is 56. The van der Waals surface area contributed by atoms with Crippen molar-refractivity contribution in [2.75, 3.05) is 13.2 Å². The predicted molar refractivity (Wildman–Crippen MR) is 331 cm³/mol. The van der Waals surface area contributed by atoms with E-state index in [1.807, 2.05) is 0 Å². The van der Waals surface area contributed by atoms with Crippen LogP contribution in [-0.4, -0.2) is 89.2 Å². The van der Waals surface area contributed by atoms with Gasteiger partial charge in [-0.25, -0.2) is 4.79 Å². The number of carbonyl (C=O) groups excluding carboxylic acids is 3. The molecule has 0 aliphatic carbocycles. The fourth-order valence-corrected chi connectivity index (χ4v) is 9.70. The van der Waals surface area contributed by atoms with Gasteiger partial charge in [0.25, 0.3) is 0 Å². The van der Waals surface area contributed by atoms with Gasteiger partial charge in [0.2, 0.25) is 0 Å². The van der Waals surface area contributed by atoms with Crippen LogP contribution < -0.4 is 0 Å². The number of ether oxygens (including phenoxy) is 5. The number of allylic oxidation sites excluding steroid dienone is 12. The van der Waals surface area contributed by atoms with Gasteiger partial charge in [-0.2, -0.15) is 0 Å². The number of carbonyl (C=O) groups is 4. The molecule has 1 aliphatic rings. The Labute approximate surface area is 493 Å². The second kappa shape index (κ2) is 56.6. The molecule has 0 radical (unpaired) electrons. The highest BCUT2D eigenvalue weighted by Crippen LogP contribution is 2.27. The molecular weight excluding hydrogens is 1020 g/mol. The van der Waals surface area contributed by atoms with E-state index in [-0.39, 0.29) is 25.9 Å². The van der Waals surface area contributed by atoms with Gasteiger partial charge in [-0.15, -0.1) is 0 Å². The lowest BCUT2D eigenvalue weighted by Gasteiger charge is -2.40. The summed E-state index contributed by atoms with van der Waals surface area (Å²) in [6.07, 6.45) is 60.0. The van der Waals surface area contributed by atoms with Crippen molar-refractivity contribution in [3.63, 3.8) is 0 Å². The van der Waals surface area contributed by atoms with Crippen molar-refractivity contribution < 1.29 is 58.2 Å². The Balaban J connectivity index is 2.67. The minimum absolute atomic E-state index is 0.0303. The van der Waals surface area contributed by atoms with E-state index < -0.39 is 67.3 Å². The van der Waals surface area contributed by atoms with E-state index in [1.54, 1.807) is 0 Å². The second-order valence-corrected chi connectivity index (χ2v) is 22.4. The number of esters is 3. The SMILES string of the molecule is CC/C=C\C/C=C\C/C=C\C/C=C\CCCCCCC(=O)OC1C(OCC(COC(=O)CCCCCCCCCCC/C=C\CCCCCCCC)OC(=O)CCCCCCC/C=C\CCCCCCCC)OC(C(=O)O)C(O)C1O. The minimum Gasteiger partial charge on any atom is -0.479 e. The molecular formula is C69H118O12. The molecule has 1 rings (SSSR count). The van der Waals surface area contributed by atoms with Gasteiger partial charge in [0, 0.05) is 19.3 Å². The molecule has 1 fully saturated rings. The van der Waals surface area contributed by atoms with Crippen molar-refractivity contribution >= 4 is 23.9 Å². The van der Waals surface area contributed by atoms with Crippen LogP contribution in [0.4, 0.5) is 0 Å². The summed E-state index contributed by atoms with van der Waals surface area (Å²) in [5.74, 6) is -3.15. The third-order valence-corrected chi connectivity index (χ3v) is 14.7. The molecule has 0 aromatic carbocycles. The molecule has 0 aromatic rings. The number of aliphatic hydroxyl groups excluding tert-OH is 2. The maximum atomic E-state index is 13.2. The van der Waals surface area contributed by atoms with Gasteiger partial charge >= 0.3 is 23.9 Å². The van der Waals surface area contributed by atoms with Crippen LogP contribution >= 0.6 is 0 Å². The van der Waals surface area contributed by atoms with Crippen LogP contribution in [0.1, 0.15) is 290 Å². The molecule has 1 saturated heterocycles. The summed E-state index contributed by atoms with van der Waals surface area (Å²) < 4.78 is 28.5. The van der Waals surface area contributed by atoms with Gasteiger partial charge in [0.1, 0.15) is 18.8 Å². The lowest BCUT2D eigenvalue weighted by Crippen LogP contribution is -2.61. The monoisotopic (exact) mass is 1140 g/mol. The number of hydrogen-bond acceptors (Lipinski definition) is 11. The number of unbranched alkanes of at least 4 members (excludes halogenated alkanes) is 30. The summed E-state index contributed by atoms with van der Waals surface area (Å²) in [4.78, 5) is 51.3. The van der Waals surface area contributed by atoms with Crippen molar-refractivity contribution in [1.29, 1.82) is 0 Å². The van der Waals surface area contributed by atoms with Crippen LogP contribution in [0, 0.1) is 0 Å². The molecule has 0 saturated carbocycles. The normalized spacial score (nSPS) is 18.2. The Morgan fingerprint density at radius 2 is 0.778 bits per heavy atom. The van der Waals surface area contributed by atoms with Crippen LogP contribution in [0.25, 0.3) is 0 Å². The standard InChI is InChI=1S/C69H118O12/c1-4-7-10-13-16-19-22-25-28-30-31-33-35-37-40-43-46-49-52-55-61(70)77-58-60(79-62(71)56-53-50-47-44-41-38-34-27-24-21-18-15-12-9-6-3)59-78-69-67(65(74)64(73)66(81-69)68(75)76)80-63(72)57-54-51-48-45-42-39-36-32-29-26-23-20-17-14-11-8-5-2/h8,11,17,20,25-29,34,36,39,60,64-67,69,73-74H,4-7,9-10,12-16,18-19,21-24,30-33,35,37-38,40-59H2,1-3H3,(H,75,76)/b11-8-,20-17-,28-25-,29-26-,34-27-,39-36-. The summed E-state index contributed by atoms with van der Waals surface area (Å²) in [6, 6.07) is 0. The first kappa shape index (κ1) is 75.2. The number of carboxylic acid groups (broad SMARTS) is 1. The number of aliphatic carboxylic acids is 1. The van der Waals surface area contributed by atoms with E-state index in [0.717, 1.165) is 109 Å². The Hall–Kier alpha value is -3.84. The fraction of sp³-hybridized carbons (Fsp3) is 0.768. The summed E-state index contributed by atoms with van der Waals surface area (Å²) in [6.45, 7) is 5.88. The zero-order valence-electron chi connectivity index (χ0n) is 51.5. The quantitative estimate of drug-likeness (QED) is 0.0228. The molecule has 0 bridgehead atoms. The van der Waals surface area contributed by atoms with Crippen LogP contribution in [0.2, 0.25) is 0 Å². The van der Waals surface area contributed by atoms with E-state index in [0.29, 0.717) is 19.3 Å². The first-order valence-electron chi connectivity index (χ1n) is 32.9.